The van der Waals surface area contributed by atoms with Crippen LogP contribution in [0.15, 0.2) is 47.5 Å². The molecule has 0 aromatic heterocycles. The molecule has 3 rings (SSSR count). The highest BCUT2D eigenvalue weighted by Crippen LogP contribution is 2.41. The number of carbonyl (C=O) groups is 3. The van der Waals surface area contributed by atoms with Crippen LogP contribution in [0.25, 0.3) is 0 Å². The van der Waals surface area contributed by atoms with E-state index in [9.17, 15) is 45.1 Å². The number of aliphatic imine (C=N–C) groups is 1. The van der Waals surface area contributed by atoms with E-state index >= 15 is 0 Å². The number of rotatable bonds is 9. The van der Waals surface area contributed by atoms with Crippen molar-refractivity contribution in [3.8, 4) is 0 Å². The molecule has 2 aromatic rings. The maximum absolute atomic E-state index is 13.6. The van der Waals surface area contributed by atoms with Gasteiger partial charge in [-0.25, -0.2) is 9.38 Å². The molecule has 14 heteroatoms. The van der Waals surface area contributed by atoms with Crippen LogP contribution in [0.4, 0.5) is 36.4 Å². The van der Waals surface area contributed by atoms with Crippen LogP contribution < -0.4 is 16.4 Å². The number of nitrogens with zero attached hydrogens (tertiary/aromatic N) is 1. The third kappa shape index (κ3) is 7.79. The van der Waals surface area contributed by atoms with E-state index in [4.69, 9.17) is 5.73 Å². The fraction of sp³-hybridized carbons (Fsp3) is 0.385. The first-order valence-electron chi connectivity index (χ1n) is 12.0. The second kappa shape index (κ2) is 11.6. The molecule has 0 unspecified atom stereocenters. The average molecular weight is 574 g/mol. The third-order valence-corrected chi connectivity index (χ3v) is 6.44. The van der Waals surface area contributed by atoms with Crippen LogP contribution in [-0.4, -0.2) is 42.0 Å². The fourth-order valence-corrected chi connectivity index (χ4v) is 4.40. The van der Waals surface area contributed by atoms with Crippen LogP contribution >= 0.6 is 0 Å². The lowest BCUT2D eigenvalue weighted by atomic mass is 9.74. The van der Waals surface area contributed by atoms with Crippen molar-refractivity contribution >= 4 is 29.1 Å². The predicted molar refractivity (Wildman–Crippen MR) is 131 cm³/mol. The standard InChI is InChI=1S/C26H25F7N4O3/c1-14-3-2-4-17-19(14)36-22(39)21(35-20(17)15-5-7-16(27)8-6-15)37-23(40)24(13-18(34)38,9-11-25(28,29)30)10-12-26(31,32)33/h2-8,21H,9-13H2,1H3,(H2,34,38)(H,36,39)(H,37,40)/t21-/m1/s1. The van der Waals surface area contributed by atoms with Crippen molar-refractivity contribution in [3.05, 3.63) is 65.0 Å². The second-order valence-corrected chi connectivity index (χ2v) is 9.50. The number of fused-ring (bicyclic) bond motifs is 1. The fourth-order valence-electron chi connectivity index (χ4n) is 4.40. The van der Waals surface area contributed by atoms with Gasteiger partial charge in [-0.1, -0.05) is 18.2 Å². The van der Waals surface area contributed by atoms with Gasteiger partial charge in [-0.2, -0.15) is 26.3 Å². The number of para-hydroxylation sites is 1. The first-order valence-corrected chi connectivity index (χ1v) is 12.0. The number of benzodiazepines with no additional fused rings is 1. The van der Waals surface area contributed by atoms with Gasteiger partial charge in [0.15, 0.2) is 0 Å². The Labute approximate surface area is 224 Å². The number of carbonyl (C=O) groups excluding carboxylic acids is 3. The maximum atomic E-state index is 13.6. The number of alkyl halides is 6. The van der Waals surface area contributed by atoms with Gasteiger partial charge in [0.25, 0.3) is 5.91 Å². The van der Waals surface area contributed by atoms with E-state index in [0.717, 1.165) is 12.1 Å². The van der Waals surface area contributed by atoms with E-state index in [1.807, 2.05) is 0 Å². The van der Waals surface area contributed by atoms with Crippen molar-refractivity contribution in [3.63, 3.8) is 0 Å². The van der Waals surface area contributed by atoms with E-state index in [0.29, 0.717) is 16.7 Å². The lowest BCUT2D eigenvalue weighted by Crippen LogP contribution is -2.51. The minimum absolute atomic E-state index is 0.0911. The molecule has 0 bridgehead atoms. The monoisotopic (exact) mass is 574 g/mol. The van der Waals surface area contributed by atoms with Crippen LogP contribution in [0, 0.1) is 18.2 Å². The van der Waals surface area contributed by atoms with E-state index in [1.54, 1.807) is 25.1 Å². The highest BCUT2D eigenvalue weighted by molar-refractivity contribution is 6.20. The molecule has 1 atom stereocenters. The lowest BCUT2D eigenvalue weighted by Gasteiger charge is -2.33. The van der Waals surface area contributed by atoms with Crippen molar-refractivity contribution < 1.29 is 45.1 Å². The summed E-state index contributed by atoms with van der Waals surface area (Å²) in [7, 11) is 0. The van der Waals surface area contributed by atoms with Crippen LogP contribution in [0.1, 0.15) is 48.8 Å². The number of nitrogens with two attached hydrogens (primary N) is 1. The van der Waals surface area contributed by atoms with Gasteiger partial charge >= 0.3 is 12.4 Å². The number of hydrogen-bond donors (Lipinski definition) is 3. The first-order chi connectivity index (χ1) is 18.5. The van der Waals surface area contributed by atoms with Gasteiger partial charge in [0.1, 0.15) is 5.82 Å². The summed E-state index contributed by atoms with van der Waals surface area (Å²) in [5.74, 6) is -4.25. The molecule has 4 N–H and O–H groups in total. The molecular formula is C26H25F7N4O3. The summed E-state index contributed by atoms with van der Waals surface area (Å²) in [6.45, 7) is 1.66. The number of primary amides is 1. The summed E-state index contributed by atoms with van der Waals surface area (Å²) in [6, 6.07) is 9.81. The Kier molecular flexibility index (Phi) is 8.90. The van der Waals surface area contributed by atoms with Gasteiger partial charge in [-0.15, -0.1) is 0 Å². The molecule has 7 nitrogen and oxygen atoms in total. The molecule has 1 aliphatic rings. The Morgan fingerprint density at radius 1 is 0.950 bits per heavy atom. The van der Waals surface area contributed by atoms with Crippen molar-refractivity contribution in [2.45, 2.75) is 57.5 Å². The number of halogens is 7. The number of benzene rings is 2. The number of anilines is 1. The van der Waals surface area contributed by atoms with Crippen molar-refractivity contribution in [1.29, 1.82) is 0 Å². The highest BCUT2D eigenvalue weighted by atomic mass is 19.4. The topological polar surface area (TPSA) is 114 Å². The Balaban J connectivity index is 2.08. The molecule has 40 heavy (non-hydrogen) atoms. The average Bonchev–Trinajstić information content (AvgIpc) is 2.97. The Bertz CT molecular complexity index is 1290. The summed E-state index contributed by atoms with van der Waals surface area (Å²) in [5.41, 5.74) is 4.23. The highest BCUT2D eigenvalue weighted by Gasteiger charge is 2.46. The first kappa shape index (κ1) is 30.6. The molecule has 2 aromatic carbocycles. The van der Waals surface area contributed by atoms with Crippen molar-refractivity contribution in [1.82, 2.24) is 5.32 Å². The molecule has 1 aliphatic heterocycles. The molecule has 0 radical (unpaired) electrons. The second-order valence-electron chi connectivity index (χ2n) is 9.50. The summed E-state index contributed by atoms with van der Waals surface area (Å²) in [4.78, 5) is 42.6. The molecule has 0 fully saturated rings. The smallest absolute Gasteiger partial charge is 0.370 e. The molecular weight excluding hydrogens is 549 g/mol. The quantitative estimate of drug-likeness (QED) is 0.370. The van der Waals surface area contributed by atoms with Gasteiger partial charge in [0, 0.05) is 30.4 Å². The maximum Gasteiger partial charge on any atom is 0.389 e. The zero-order chi connectivity index (χ0) is 29.9. The number of hydrogen-bond acceptors (Lipinski definition) is 4. The van der Waals surface area contributed by atoms with Crippen LogP contribution in [0.3, 0.4) is 0 Å². The SMILES string of the molecule is Cc1cccc2c1NC(=O)[C@@H](NC(=O)C(CCC(F)(F)F)(CCC(F)(F)F)CC(N)=O)N=C2c1ccc(F)cc1. The Hall–Kier alpha value is -3.97. The van der Waals surface area contributed by atoms with Gasteiger partial charge in [-0.05, 0) is 49.6 Å². The zero-order valence-corrected chi connectivity index (χ0v) is 21.0. The van der Waals surface area contributed by atoms with Gasteiger partial charge in [0.05, 0.1) is 16.8 Å². The number of aryl methyl sites for hydroxylation is 1. The molecule has 0 aliphatic carbocycles. The van der Waals surface area contributed by atoms with Crippen molar-refractivity contribution in [2.75, 3.05) is 5.32 Å². The van der Waals surface area contributed by atoms with E-state index in [2.05, 4.69) is 15.6 Å². The molecule has 216 valence electrons. The Morgan fingerprint density at radius 2 is 1.52 bits per heavy atom. The van der Waals surface area contributed by atoms with Crippen LogP contribution in [0.2, 0.25) is 0 Å². The molecule has 1 heterocycles. The van der Waals surface area contributed by atoms with Gasteiger partial charge in [0.2, 0.25) is 18.0 Å². The normalized spacial score (nSPS) is 15.9. The van der Waals surface area contributed by atoms with E-state index < -0.39 is 79.6 Å². The molecule has 0 spiro atoms. The summed E-state index contributed by atoms with van der Waals surface area (Å²) in [6.07, 6.45) is -18.4. The lowest BCUT2D eigenvalue weighted by molar-refractivity contribution is -0.160. The number of nitrogens with one attached hydrogen (secondary N) is 2. The summed E-state index contributed by atoms with van der Waals surface area (Å²) < 4.78 is 92.2. The predicted octanol–water partition coefficient (Wildman–Crippen LogP) is 4.91. The Morgan fingerprint density at radius 3 is 2.05 bits per heavy atom. The van der Waals surface area contributed by atoms with Gasteiger partial charge < -0.3 is 16.4 Å². The number of amides is 3. The van der Waals surface area contributed by atoms with E-state index in [-0.39, 0.29) is 11.4 Å². The summed E-state index contributed by atoms with van der Waals surface area (Å²) in [5, 5.41) is 4.71. The third-order valence-electron chi connectivity index (χ3n) is 6.44. The molecule has 0 saturated carbocycles. The van der Waals surface area contributed by atoms with E-state index in [1.165, 1.54) is 12.1 Å². The summed E-state index contributed by atoms with van der Waals surface area (Å²) >= 11 is 0. The zero-order valence-electron chi connectivity index (χ0n) is 21.0. The van der Waals surface area contributed by atoms with Crippen LogP contribution in [-0.2, 0) is 14.4 Å². The molecule has 3 amide bonds. The minimum Gasteiger partial charge on any atom is -0.370 e. The van der Waals surface area contributed by atoms with Gasteiger partial charge in [-0.3, -0.25) is 14.4 Å². The largest absolute Gasteiger partial charge is 0.389 e. The van der Waals surface area contributed by atoms with Crippen LogP contribution in [0.5, 0.6) is 0 Å². The molecule has 0 saturated heterocycles. The minimum atomic E-state index is -4.87. The van der Waals surface area contributed by atoms with Crippen molar-refractivity contribution in [2.24, 2.45) is 16.1 Å².